The van der Waals surface area contributed by atoms with Crippen LogP contribution in [0.25, 0.3) is 0 Å². The molecule has 3 heterocycles. The summed E-state index contributed by atoms with van der Waals surface area (Å²) in [6, 6.07) is 9.94. The highest BCUT2D eigenvalue weighted by Crippen LogP contribution is 2.56. The van der Waals surface area contributed by atoms with Gasteiger partial charge in [0.25, 0.3) is 5.91 Å². The molecule has 0 radical (unpaired) electrons. The maximum Gasteiger partial charge on any atom is 0.260 e. The van der Waals surface area contributed by atoms with Crippen molar-refractivity contribution in [1.82, 2.24) is 4.90 Å². The van der Waals surface area contributed by atoms with Crippen molar-refractivity contribution >= 4 is 5.91 Å². The molecule has 104 valence electrons. The van der Waals surface area contributed by atoms with Gasteiger partial charge in [-0.2, -0.15) is 0 Å². The molecule has 0 aromatic heterocycles. The van der Waals surface area contributed by atoms with Crippen LogP contribution in [-0.2, 0) is 14.3 Å². The summed E-state index contributed by atoms with van der Waals surface area (Å²) in [7, 11) is 0. The molecule has 20 heavy (non-hydrogen) atoms. The molecule has 3 aliphatic heterocycles. The topological polar surface area (TPSA) is 42.1 Å². The molecule has 1 aromatic rings. The Labute approximate surface area is 118 Å². The fourth-order valence-electron chi connectivity index (χ4n) is 3.53. The van der Waals surface area contributed by atoms with Crippen LogP contribution in [0, 0.1) is 0 Å². The van der Waals surface area contributed by atoms with E-state index in [9.17, 15) is 4.79 Å². The predicted octanol–water partition coefficient (Wildman–Crippen LogP) is 2.03. The van der Waals surface area contributed by atoms with Crippen LogP contribution in [0.1, 0.15) is 25.1 Å². The lowest BCUT2D eigenvalue weighted by atomic mass is 9.97. The lowest BCUT2D eigenvalue weighted by molar-refractivity contribution is -0.142. The molecule has 1 aromatic carbocycles. The quantitative estimate of drug-likeness (QED) is 0.624. The van der Waals surface area contributed by atoms with Crippen molar-refractivity contribution in [2.24, 2.45) is 0 Å². The standard InChI is InChI=1S/C16H17NO3/c1-10(2)8-16-13(20-16)12-9-19-14(17(12)15(16)18)11-6-4-3-5-7-11/h3-7,12-14H,1,8-9H2,2H3/t12-,13-,14-,16-/m1/s1. The van der Waals surface area contributed by atoms with Crippen molar-refractivity contribution in [3.63, 3.8) is 0 Å². The van der Waals surface area contributed by atoms with Crippen molar-refractivity contribution < 1.29 is 14.3 Å². The average Bonchev–Trinajstić information content (AvgIpc) is 2.90. The highest BCUT2D eigenvalue weighted by Gasteiger charge is 2.75. The van der Waals surface area contributed by atoms with Gasteiger partial charge in [0.2, 0.25) is 0 Å². The Morgan fingerprint density at radius 3 is 2.90 bits per heavy atom. The number of ether oxygens (including phenoxy) is 2. The number of nitrogens with zero attached hydrogens (tertiary/aromatic N) is 1. The third kappa shape index (κ3) is 1.46. The Bertz CT molecular complexity index is 585. The monoisotopic (exact) mass is 271 g/mol. The molecule has 4 rings (SSSR count). The smallest absolute Gasteiger partial charge is 0.260 e. The molecule has 4 atom stereocenters. The van der Waals surface area contributed by atoms with E-state index >= 15 is 0 Å². The van der Waals surface area contributed by atoms with Gasteiger partial charge in [0, 0.05) is 12.0 Å². The maximum atomic E-state index is 12.7. The summed E-state index contributed by atoms with van der Waals surface area (Å²) < 4.78 is 11.6. The summed E-state index contributed by atoms with van der Waals surface area (Å²) in [4.78, 5) is 14.6. The van der Waals surface area contributed by atoms with Crippen LogP contribution in [-0.4, -0.2) is 35.2 Å². The molecule has 0 spiro atoms. The van der Waals surface area contributed by atoms with Gasteiger partial charge in [-0.25, -0.2) is 0 Å². The van der Waals surface area contributed by atoms with Crippen LogP contribution in [0.5, 0.6) is 0 Å². The number of hydrogen-bond acceptors (Lipinski definition) is 3. The second kappa shape index (κ2) is 3.93. The highest BCUT2D eigenvalue weighted by atomic mass is 16.6. The predicted molar refractivity (Wildman–Crippen MR) is 72.8 cm³/mol. The minimum atomic E-state index is -0.646. The Morgan fingerprint density at radius 2 is 2.20 bits per heavy atom. The van der Waals surface area contributed by atoms with E-state index in [0.717, 1.165) is 11.1 Å². The third-order valence-electron chi connectivity index (χ3n) is 4.37. The summed E-state index contributed by atoms with van der Waals surface area (Å²) in [6.07, 6.45) is 0.317. The number of epoxide rings is 1. The molecule has 3 fully saturated rings. The maximum absolute atomic E-state index is 12.7. The van der Waals surface area contributed by atoms with E-state index in [0.29, 0.717) is 13.0 Å². The molecule has 4 heteroatoms. The second-order valence-corrected chi connectivity index (χ2v) is 5.94. The second-order valence-electron chi connectivity index (χ2n) is 5.94. The van der Waals surface area contributed by atoms with Gasteiger partial charge in [-0.1, -0.05) is 35.9 Å². The molecule has 3 saturated heterocycles. The largest absolute Gasteiger partial charge is 0.353 e. The Morgan fingerprint density at radius 1 is 1.45 bits per heavy atom. The minimum Gasteiger partial charge on any atom is -0.353 e. The highest BCUT2D eigenvalue weighted by molar-refractivity contribution is 5.93. The van der Waals surface area contributed by atoms with E-state index in [1.54, 1.807) is 0 Å². The number of amides is 1. The van der Waals surface area contributed by atoms with E-state index in [1.807, 2.05) is 42.2 Å². The van der Waals surface area contributed by atoms with E-state index in [1.165, 1.54) is 0 Å². The van der Waals surface area contributed by atoms with Crippen molar-refractivity contribution in [1.29, 1.82) is 0 Å². The molecule has 0 unspecified atom stereocenters. The van der Waals surface area contributed by atoms with Gasteiger partial charge in [0.15, 0.2) is 11.8 Å². The number of rotatable bonds is 3. The van der Waals surface area contributed by atoms with Crippen LogP contribution in [0.3, 0.4) is 0 Å². The normalized spacial score (nSPS) is 37.8. The molecule has 0 N–H and O–H groups in total. The first-order chi connectivity index (χ1) is 9.63. The number of carbonyl (C=O) groups is 1. The zero-order valence-electron chi connectivity index (χ0n) is 11.4. The first-order valence-electron chi connectivity index (χ1n) is 6.95. The molecule has 0 saturated carbocycles. The molecular formula is C16H17NO3. The summed E-state index contributed by atoms with van der Waals surface area (Å²) in [5, 5.41) is 0. The lowest BCUT2D eigenvalue weighted by Crippen LogP contribution is -2.39. The van der Waals surface area contributed by atoms with E-state index < -0.39 is 5.60 Å². The average molecular weight is 271 g/mol. The Balaban J connectivity index is 1.65. The minimum absolute atomic E-state index is 0.0274. The fraction of sp³-hybridized carbons (Fsp3) is 0.438. The number of fused-ring (bicyclic) bond motifs is 3. The van der Waals surface area contributed by atoms with Gasteiger partial charge in [0.05, 0.1) is 12.6 Å². The van der Waals surface area contributed by atoms with Crippen LogP contribution < -0.4 is 0 Å². The van der Waals surface area contributed by atoms with E-state index in [4.69, 9.17) is 9.47 Å². The Kier molecular flexibility index (Phi) is 2.38. The molecule has 1 amide bonds. The zero-order valence-corrected chi connectivity index (χ0v) is 11.4. The van der Waals surface area contributed by atoms with Crippen molar-refractivity contribution in [2.45, 2.75) is 37.3 Å². The number of benzene rings is 1. The lowest BCUT2D eigenvalue weighted by Gasteiger charge is -2.25. The first-order valence-corrected chi connectivity index (χ1v) is 6.95. The number of morpholine rings is 1. The number of hydrogen-bond donors (Lipinski definition) is 0. The van der Waals surface area contributed by atoms with Crippen molar-refractivity contribution in [3.8, 4) is 0 Å². The molecule has 3 aliphatic rings. The van der Waals surface area contributed by atoms with Crippen LogP contribution in [0.15, 0.2) is 42.5 Å². The van der Waals surface area contributed by atoms with Gasteiger partial charge in [-0.15, -0.1) is 6.58 Å². The van der Waals surface area contributed by atoms with E-state index in [-0.39, 0.29) is 24.3 Å². The van der Waals surface area contributed by atoms with Gasteiger partial charge < -0.3 is 14.4 Å². The molecule has 0 aliphatic carbocycles. The molecule has 0 bridgehead atoms. The number of carbonyl (C=O) groups excluding carboxylic acids is 1. The molecule has 4 nitrogen and oxygen atoms in total. The SMILES string of the molecule is C=C(C)C[C@@]12O[C@@H]1[C@H]1CO[C@H](c3ccccc3)N1C2=O. The van der Waals surface area contributed by atoms with Crippen LogP contribution in [0.2, 0.25) is 0 Å². The summed E-state index contributed by atoms with van der Waals surface area (Å²) in [5.41, 5.74) is 1.36. The zero-order chi connectivity index (χ0) is 13.9. The van der Waals surface area contributed by atoms with Gasteiger partial charge >= 0.3 is 0 Å². The first kappa shape index (κ1) is 12.1. The van der Waals surface area contributed by atoms with E-state index in [2.05, 4.69) is 6.58 Å². The summed E-state index contributed by atoms with van der Waals surface area (Å²) in [6.45, 7) is 6.40. The summed E-state index contributed by atoms with van der Waals surface area (Å²) in [5.74, 6) is 0.0573. The Hall–Kier alpha value is -1.65. The van der Waals surface area contributed by atoms with Crippen LogP contribution in [0.4, 0.5) is 0 Å². The van der Waals surface area contributed by atoms with Crippen LogP contribution >= 0.6 is 0 Å². The van der Waals surface area contributed by atoms with Gasteiger partial charge in [0.1, 0.15) is 6.10 Å². The molecular weight excluding hydrogens is 254 g/mol. The van der Waals surface area contributed by atoms with Gasteiger partial charge in [-0.3, -0.25) is 4.79 Å². The third-order valence-corrected chi connectivity index (χ3v) is 4.37. The summed E-state index contributed by atoms with van der Waals surface area (Å²) >= 11 is 0. The fourth-order valence-corrected chi connectivity index (χ4v) is 3.53. The van der Waals surface area contributed by atoms with Crippen molar-refractivity contribution in [2.75, 3.05) is 6.61 Å². The van der Waals surface area contributed by atoms with Crippen molar-refractivity contribution in [3.05, 3.63) is 48.0 Å². The van der Waals surface area contributed by atoms with Gasteiger partial charge in [-0.05, 0) is 6.92 Å².